The van der Waals surface area contributed by atoms with Crippen molar-refractivity contribution in [3.8, 4) is 11.3 Å². The molecular formula is C9H12N4. The number of H-pyrrole nitrogens is 1. The van der Waals surface area contributed by atoms with Gasteiger partial charge in [0.25, 0.3) is 0 Å². The first-order valence-electron chi connectivity index (χ1n) is 4.12. The number of aromatic nitrogens is 3. The third kappa shape index (κ3) is 1.11. The van der Waals surface area contributed by atoms with Crippen molar-refractivity contribution >= 4 is 5.95 Å². The van der Waals surface area contributed by atoms with E-state index < -0.39 is 0 Å². The number of imidazole rings is 1. The van der Waals surface area contributed by atoms with E-state index in [1.54, 1.807) is 0 Å². The van der Waals surface area contributed by atoms with Crippen molar-refractivity contribution in [1.82, 2.24) is 14.5 Å². The molecular weight excluding hydrogens is 164 g/mol. The van der Waals surface area contributed by atoms with Crippen LogP contribution in [0.1, 0.15) is 5.69 Å². The predicted octanol–water partition coefficient (Wildman–Crippen LogP) is 1.31. The first-order chi connectivity index (χ1) is 6.20. The van der Waals surface area contributed by atoms with Crippen LogP contribution in [-0.4, -0.2) is 14.5 Å². The minimum absolute atomic E-state index is 0.550. The van der Waals surface area contributed by atoms with E-state index >= 15 is 0 Å². The normalized spacial score (nSPS) is 10.6. The minimum atomic E-state index is 0.550. The molecule has 0 aliphatic carbocycles. The van der Waals surface area contributed by atoms with Gasteiger partial charge in [0.05, 0.1) is 5.69 Å². The molecule has 0 fully saturated rings. The summed E-state index contributed by atoms with van der Waals surface area (Å²) in [6.45, 7) is 2.01. The Morgan fingerprint density at radius 3 is 2.77 bits per heavy atom. The first kappa shape index (κ1) is 7.91. The Kier molecular flexibility index (Phi) is 1.62. The molecule has 13 heavy (non-hydrogen) atoms. The van der Waals surface area contributed by atoms with Gasteiger partial charge in [0.2, 0.25) is 5.95 Å². The van der Waals surface area contributed by atoms with Gasteiger partial charge in [0, 0.05) is 30.7 Å². The van der Waals surface area contributed by atoms with Gasteiger partial charge in [0.15, 0.2) is 0 Å². The zero-order valence-electron chi connectivity index (χ0n) is 7.70. The van der Waals surface area contributed by atoms with Crippen LogP contribution in [0, 0.1) is 6.92 Å². The standard InChI is InChI=1S/C9H12N4/c1-6-8(7-3-4-11-5-7)12-9(10)13(6)2/h3-5,11H,1-2H3,(H2,10,12). The second-order valence-electron chi connectivity index (χ2n) is 3.06. The minimum Gasteiger partial charge on any atom is -0.369 e. The van der Waals surface area contributed by atoms with Crippen LogP contribution >= 0.6 is 0 Å². The highest BCUT2D eigenvalue weighted by molar-refractivity contribution is 5.63. The Labute approximate surface area is 76.4 Å². The summed E-state index contributed by atoms with van der Waals surface area (Å²) in [7, 11) is 1.91. The topological polar surface area (TPSA) is 59.6 Å². The lowest BCUT2D eigenvalue weighted by Gasteiger charge is -1.96. The Hall–Kier alpha value is -1.71. The van der Waals surface area contributed by atoms with E-state index in [2.05, 4.69) is 9.97 Å². The number of hydrogen-bond donors (Lipinski definition) is 2. The van der Waals surface area contributed by atoms with E-state index in [0.29, 0.717) is 5.95 Å². The highest BCUT2D eigenvalue weighted by Crippen LogP contribution is 2.22. The molecule has 3 N–H and O–H groups in total. The molecule has 0 aliphatic heterocycles. The summed E-state index contributed by atoms with van der Waals surface area (Å²) in [6.07, 6.45) is 3.79. The quantitative estimate of drug-likeness (QED) is 0.688. The molecule has 4 nitrogen and oxygen atoms in total. The molecule has 0 saturated carbocycles. The van der Waals surface area contributed by atoms with Crippen LogP contribution in [0.4, 0.5) is 5.95 Å². The van der Waals surface area contributed by atoms with Gasteiger partial charge in [-0.25, -0.2) is 4.98 Å². The van der Waals surface area contributed by atoms with Crippen LogP contribution < -0.4 is 5.73 Å². The summed E-state index contributed by atoms with van der Waals surface area (Å²) >= 11 is 0. The zero-order valence-corrected chi connectivity index (χ0v) is 7.70. The van der Waals surface area contributed by atoms with Crippen molar-refractivity contribution in [2.24, 2.45) is 7.05 Å². The van der Waals surface area contributed by atoms with Crippen molar-refractivity contribution in [2.75, 3.05) is 5.73 Å². The van der Waals surface area contributed by atoms with E-state index in [0.717, 1.165) is 17.0 Å². The van der Waals surface area contributed by atoms with Crippen molar-refractivity contribution in [3.63, 3.8) is 0 Å². The van der Waals surface area contributed by atoms with Gasteiger partial charge < -0.3 is 15.3 Å². The van der Waals surface area contributed by atoms with E-state index in [-0.39, 0.29) is 0 Å². The number of nitrogens with zero attached hydrogens (tertiary/aromatic N) is 2. The average molecular weight is 176 g/mol. The van der Waals surface area contributed by atoms with Crippen LogP contribution in [0.5, 0.6) is 0 Å². The van der Waals surface area contributed by atoms with Gasteiger partial charge in [-0.1, -0.05) is 0 Å². The Morgan fingerprint density at radius 2 is 2.31 bits per heavy atom. The maximum Gasteiger partial charge on any atom is 0.200 e. The van der Waals surface area contributed by atoms with Gasteiger partial charge in [0.1, 0.15) is 0 Å². The van der Waals surface area contributed by atoms with Crippen molar-refractivity contribution < 1.29 is 0 Å². The molecule has 0 aromatic carbocycles. The predicted molar refractivity (Wildman–Crippen MR) is 52.1 cm³/mol. The zero-order chi connectivity index (χ0) is 9.42. The number of nitrogen functional groups attached to an aromatic ring is 1. The van der Waals surface area contributed by atoms with E-state index in [4.69, 9.17) is 5.73 Å². The van der Waals surface area contributed by atoms with Gasteiger partial charge in [-0.15, -0.1) is 0 Å². The molecule has 0 aliphatic rings. The van der Waals surface area contributed by atoms with Crippen LogP contribution in [0.2, 0.25) is 0 Å². The summed E-state index contributed by atoms with van der Waals surface area (Å²) in [4.78, 5) is 7.27. The monoisotopic (exact) mass is 176 g/mol. The molecule has 0 unspecified atom stereocenters. The molecule has 0 bridgehead atoms. The SMILES string of the molecule is Cc1c(-c2cc[nH]c2)nc(N)n1C. The number of nitrogens with two attached hydrogens (primary N) is 1. The number of hydrogen-bond acceptors (Lipinski definition) is 2. The fourth-order valence-corrected chi connectivity index (χ4v) is 1.35. The van der Waals surface area contributed by atoms with Gasteiger partial charge in [-0.3, -0.25) is 0 Å². The Bertz CT molecular complexity index is 411. The fraction of sp³-hybridized carbons (Fsp3) is 0.222. The maximum absolute atomic E-state index is 5.69. The Balaban J connectivity index is 2.59. The van der Waals surface area contributed by atoms with Crippen molar-refractivity contribution in [2.45, 2.75) is 6.92 Å². The van der Waals surface area contributed by atoms with Crippen LogP contribution in [0.3, 0.4) is 0 Å². The summed E-state index contributed by atoms with van der Waals surface area (Å²) in [5.41, 5.74) is 8.79. The summed E-state index contributed by atoms with van der Waals surface area (Å²) in [5, 5.41) is 0. The van der Waals surface area contributed by atoms with Crippen LogP contribution in [-0.2, 0) is 7.05 Å². The molecule has 2 aromatic heterocycles. The lowest BCUT2D eigenvalue weighted by Crippen LogP contribution is -1.97. The maximum atomic E-state index is 5.69. The van der Waals surface area contributed by atoms with Crippen LogP contribution in [0.25, 0.3) is 11.3 Å². The summed E-state index contributed by atoms with van der Waals surface area (Å²) in [5.74, 6) is 0.550. The molecule has 68 valence electrons. The van der Waals surface area contributed by atoms with E-state index in [1.165, 1.54) is 0 Å². The van der Waals surface area contributed by atoms with Gasteiger partial charge >= 0.3 is 0 Å². The first-order valence-corrected chi connectivity index (χ1v) is 4.12. The second kappa shape index (κ2) is 2.65. The van der Waals surface area contributed by atoms with Crippen molar-refractivity contribution in [3.05, 3.63) is 24.2 Å². The largest absolute Gasteiger partial charge is 0.369 e. The molecule has 0 spiro atoms. The number of rotatable bonds is 1. The number of nitrogens with one attached hydrogen (secondary N) is 1. The number of anilines is 1. The third-order valence-corrected chi connectivity index (χ3v) is 2.29. The average Bonchev–Trinajstić information content (AvgIpc) is 2.70. The molecule has 0 atom stereocenters. The van der Waals surface area contributed by atoms with Crippen molar-refractivity contribution in [1.29, 1.82) is 0 Å². The second-order valence-corrected chi connectivity index (χ2v) is 3.06. The molecule has 2 rings (SSSR count). The number of aromatic amines is 1. The lowest BCUT2D eigenvalue weighted by atomic mass is 10.2. The Morgan fingerprint density at radius 1 is 1.54 bits per heavy atom. The lowest BCUT2D eigenvalue weighted by molar-refractivity contribution is 0.889. The fourth-order valence-electron chi connectivity index (χ4n) is 1.35. The van der Waals surface area contributed by atoms with Gasteiger partial charge in [-0.2, -0.15) is 0 Å². The highest BCUT2D eigenvalue weighted by Gasteiger charge is 2.10. The van der Waals surface area contributed by atoms with Crippen LogP contribution in [0.15, 0.2) is 18.5 Å². The van der Waals surface area contributed by atoms with E-state index in [9.17, 15) is 0 Å². The molecule has 0 radical (unpaired) electrons. The van der Waals surface area contributed by atoms with E-state index in [1.807, 2.05) is 37.0 Å². The smallest absolute Gasteiger partial charge is 0.200 e. The molecule has 2 aromatic rings. The van der Waals surface area contributed by atoms with Gasteiger partial charge in [-0.05, 0) is 13.0 Å². The molecule has 0 saturated heterocycles. The molecule has 2 heterocycles. The summed E-state index contributed by atoms with van der Waals surface area (Å²) < 4.78 is 1.88. The highest BCUT2D eigenvalue weighted by atomic mass is 15.1. The molecule has 0 amide bonds. The summed E-state index contributed by atoms with van der Waals surface area (Å²) in [6, 6.07) is 1.98. The molecule has 4 heteroatoms. The third-order valence-electron chi connectivity index (χ3n) is 2.29.